The number of ether oxygens (including phenoxy) is 1. The van der Waals surface area contributed by atoms with Gasteiger partial charge in [-0.25, -0.2) is 8.42 Å². The first-order valence-corrected chi connectivity index (χ1v) is 16.1. The molecule has 0 saturated heterocycles. The van der Waals surface area contributed by atoms with Crippen molar-refractivity contribution in [3.63, 3.8) is 0 Å². The average Bonchev–Trinajstić information content (AvgIpc) is 3.01. The van der Waals surface area contributed by atoms with Crippen LogP contribution in [0.4, 0.5) is 5.69 Å². The van der Waals surface area contributed by atoms with E-state index in [1.807, 2.05) is 82.3 Å². The van der Waals surface area contributed by atoms with Crippen molar-refractivity contribution in [2.45, 2.75) is 57.6 Å². The highest BCUT2D eigenvalue weighted by Gasteiger charge is 2.33. The van der Waals surface area contributed by atoms with Crippen molar-refractivity contribution in [2.75, 3.05) is 10.8 Å². The Morgan fingerprint density at radius 2 is 1.36 bits per heavy atom. The lowest BCUT2D eigenvalue weighted by atomic mass is 10.1. The number of para-hydroxylation sites is 1. The molecule has 0 fully saturated rings. The number of carbonyl (C=O) groups excluding carboxylic acids is 2. The fourth-order valence-corrected chi connectivity index (χ4v) is 6.18. The minimum atomic E-state index is -4.16. The molecule has 0 aliphatic rings. The van der Waals surface area contributed by atoms with Crippen LogP contribution >= 0.6 is 0 Å². The average molecular weight is 614 g/mol. The van der Waals surface area contributed by atoms with Crippen LogP contribution in [0.1, 0.15) is 38.3 Å². The summed E-state index contributed by atoms with van der Waals surface area (Å²) in [6.07, 6.45) is 0.354. The Balaban J connectivity index is 1.71. The van der Waals surface area contributed by atoms with Gasteiger partial charge >= 0.3 is 0 Å². The highest BCUT2D eigenvalue weighted by molar-refractivity contribution is 7.92. The van der Waals surface area contributed by atoms with E-state index in [9.17, 15) is 18.0 Å². The Labute approximate surface area is 260 Å². The molecule has 0 aliphatic carbocycles. The molecule has 0 unspecified atom stereocenters. The smallest absolute Gasteiger partial charge is 0.264 e. The monoisotopic (exact) mass is 613 g/mol. The van der Waals surface area contributed by atoms with E-state index >= 15 is 0 Å². The van der Waals surface area contributed by atoms with Gasteiger partial charge in [-0.15, -0.1) is 0 Å². The van der Waals surface area contributed by atoms with Gasteiger partial charge in [0.1, 0.15) is 24.1 Å². The standard InChI is InChI=1S/C35H39N3O5S/c1-5-33(35(40)36-26(2)3)37(24-28-18-16-27(4)17-19-28)34(39)25-38(44(41,42)32-14-10-7-11-15-32)29-20-22-31(23-21-29)43-30-12-8-6-9-13-30/h6-23,26,33H,5,24-25H2,1-4H3,(H,36,40)/t33-/m1/s1. The summed E-state index contributed by atoms with van der Waals surface area (Å²) in [7, 11) is -4.16. The van der Waals surface area contributed by atoms with Crippen molar-refractivity contribution in [1.29, 1.82) is 0 Å². The quantitative estimate of drug-likeness (QED) is 0.191. The molecule has 2 amide bonds. The predicted octanol–water partition coefficient (Wildman–Crippen LogP) is 6.31. The molecule has 1 N–H and O–H groups in total. The van der Waals surface area contributed by atoms with Gasteiger partial charge in [-0.2, -0.15) is 0 Å². The van der Waals surface area contributed by atoms with E-state index in [1.165, 1.54) is 17.0 Å². The summed E-state index contributed by atoms with van der Waals surface area (Å²) in [5.74, 6) is 0.366. The molecule has 230 valence electrons. The topological polar surface area (TPSA) is 96.0 Å². The molecule has 0 bridgehead atoms. The van der Waals surface area contributed by atoms with Crippen LogP contribution < -0.4 is 14.4 Å². The molecule has 0 radical (unpaired) electrons. The van der Waals surface area contributed by atoms with Gasteiger partial charge in [0.05, 0.1) is 10.6 Å². The van der Waals surface area contributed by atoms with Crippen LogP contribution in [-0.4, -0.2) is 43.8 Å². The second-order valence-corrected chi connectivity index (χ2v) is 12.7. The Bertz CT molecular complexity index is 1630. The van der Waals surface area contributed by atoms with Crippen molar-refractivity contribution in [3.8, 4) is 11.5 Å². The predicted molar refractivity (Wildman–Crippen MR) is 173 cm³/mol. The van der Waals surface area contributed by atoms with Crippen molar-refractivity contribution >= 4 is 27.5 Å². The third-order valence-corrected chi connectivity index (χ3v) is 8.79. The summed E-state index contributed by atoms with van der Waals surface area (Å²) in [5.41, 5.74) is 2.19. The van der Waals surface area contributed by atoms with Crippen LogP contribution in [0.3, 0.4) is 0 Å². The molecule has 4 rings (SSSR count). The Kier molecular flexibility index (Phi) is 10.8. The number of nitrogens with one attached hydrogen (secondary N) is 1. The van der Waals surface area contributed by atoms with Gasteiger partial charge in [0, 0.05) is 12.6 Å². The molecule has 9 heteroatoms. The third-order valence-electron chi connectivity index (χ3n) is 7.00. The number of carbonyl (C=O) groups is 2. The lowest BCUT2D eigenvalue weighted by Gasteiger charge is -2.33. The number of nitrogens with zero attached hydrogens (tertiary/aromatic N) is 2. The van der Waals surface area contributed by atoms with Crippen LogP contribution in [0, 0.1) is 6.92 Å². The summed E-state index contributed by atoms with van der Waals surface area (Å²) < 4.78 is 35.0. The maximum atomic E-state index is 14.2. The van der Waals surface area contributed by atoms with Gasteiger partial charge in [0.25, 0.3) is 10.0 Å². The third kappa shape index (κ3) is 8.26. The minimum absolute atomic E-state index is 0.0482. The van der Waals surface area contributed by atoms with Gasteiger partial charge in [0.15, 0.2) is 0 Å². The lowest BCUT2D eigenvalue weighted by Crippen LogP contribution is -2.53. The first kappa shape index (κ1) is 32.3. The Morgan fingerprint density at radius 3 is 1.93 bits per heavy atom. The van der Waals surface area contributed by atoms with E-state index in [0.29, 0.717) is 17.9 Å². The van der Waals surface area contributed by atoms with E-state index in [1.54, 1.807) is 42.5 Å². The number of amides is 2. The van der Waals surface area contributed by atoms with Crippen molar-refractivity contribution in [2.24, 2.45) is 0 Å². The maximum Gasteiger partial charge on any atom is 0.264 e. The number of benzene rings is 4. The normalized spacial score (nSPS) is 11.9. The highest BCUT2D eigenvalue weighted by Crippen LogP contribution is 2.28. The molecule has 0 aromatic heterocycles. The molecule has 0 heterocycles. The summed E-state index contributed by atoms with van der Waals surface area (Å²) in [6.45, 7) is 7.16. The first-order valence-electron chi connectivity index (χ1n) is 14.6. The van der Waals surface area contributed by atoms with Crippen LogP contribution in [0.5, 0.6) is 11.5 Å². The van der Waals surface area contributed by atoms with Gasteiger partial charge < -0.3 is 15.0 Å². The zero-order valence-electron chi connectivity index (χ0n) is 25.5. The van der Waals surface area contributed by atoms with Crippen molar-refractivity contribution in [3.05, 3.63) is 120 Å². The summed E-state index contributed by atoms with van der Waals surface area (Å²) in [6, 6.07) is 30.6. The molecule has 0 aliphatic heterocycles. The van der Waals surface area contributed by atoms with E-state index in [2.05, 4.69) is 5.32 Å². The molecular weight excluding hydrogens is 574 g/mol. The molecule has 1 atom stereocenters. The van der Waals surface area contributed by atoms with Crippen LogP contribution in [0.15, 0.2) is 114 Å². The Morgan fingerprint density at radius 1 is 0.795 bits per heavy atom. The lowest BCUT2D eigenvalue weighted by molar-refractivity contribution is -0.140. The largest absolute Gasteiger partial charge is 0.457 e. The van der Waals surface area contributed by atoms with Gasteiger partial charge in [-0.05, 0) is 81.3 Å². The maximum absolute atomic E-state index is 14.2. The van der Waals surface area contributed by atoms with E-state index in [0.717, 1.165) is 15.4 Å². The number of sulfonamides is 1. The molecule has 8 nitrogen and oxygen atoms in total. The van der Waals surface area contributed by atoms with E-state index < -0.39 is 28.5 Å². The van der Waals surface area contributed by atoms with Crippen LogP contribution in [0.2, 0.25) is 0 Å². The van der Waals surface area contributed by atoms with Crippen LogP contribution in [-0.2, 0) is 26.2 Å². The first-order chi connectivity index (χ1) is 21.1. The molecule has 0 saturated carbocycles. The number of hydrogen-bond donors (Lipinski definition) is 1. The molecule has 4 aromatic rings. The second-order valence-electron chi connectivity index (χ2n) is 10.8. The fraction of sp³-hybridized carbons (Fsp3) is 0.257. The second kappa shape index (κ2) is 14.7. The number of aryl methyl sites for hydroxylation is 1. The number of rotatable bonds is 13. The number of hydrogen-bond acceptors (Lipinski definition) is 5. The minimum Gasteiger partial charge on any atom is -0.457 e. The molecular formula is C35H39N3O5S. The van der Waals surface area contributed by atoms with Gasteiger partial charge in [-0.3, -0.25) is 13.9 Å². The van der Waals surface area contributed by atoms with E-state index in [-0.39, 0.29) is 29.1 Å². The van der Waals surface area contributed by atoms with Crippen molar-refractivity contribution in [1.82, 2.24) is 10.2 Å². The van der Waals surface area contributed by atoms with Crippen LogP contribution in [0.25, 0.3) is 0 Å². The zero-order chi connectivity index (χ0) is 31.7. The highest BCUT2D eigenvalue weighted by atomic mass is 32.2. The van der Waals surface area contributed by atoms with Gasteiger partial charge in [0.2, 0.25) is 11.8 Å². The van der Waals surface area contributed by atoms with Gasteiger partial charge in [-0.1, -0.05) is 73.2 Å². The fourth-order valence-electron chi connectivity index (χ4n) is 4.74. The van der Waals surface area contributed by atoms with E-state index in [4.69, 9.17) is 4.74 Å². The zero-order valence-corrected chi connectivity index (χ0v) is 26.3. The Hall–Kier alpha value is -4.63. The molecule has 44 heavy (non-hydrogen) atoms. The SMILES string of the molecule is CC[C@H](C(=O)NC(C)C)N(Cc1ccc(C)cc1)C(=O)CN(c1ccc(Oc2ccccc2)cc1)S(=O)(=O)c1ccccc1. The number of anilines is 1. The molecule has 0 spiro atoms. The summed E-state index contributed by atoms with van der Waals surface area (Å²) >= 11 is 0. The summed E-state index contributed by atoms with van der Waals surface area (Å²) in [4.78, 5) is 29.0. The summed E-state index contributed by atoms with van der Waals surface area (Å²) in [5, 5.41) is 2.91. The van der Waals surface area contributed by atoms with Crippen molar-refractivity contribution < 1.29 is 22.7 Å². The molecule has 4 aromatic carbocycles.